The minimum atomic E-state index is 0.0940. The average Bonchev–Trinajstić information content (AvgIpc) is 3.27. The number of thiophene rings is 1. The summed E-state index contributed by atoms with van der Waals surface area (Å²) in [5.74, 6) is 1.51. The van der Waals surface area contributed by atoms with Crippen LogP contribution in [0.5, 0.6) is 11.5 Å². The van der Waals surface area contributed by atoms with E-state index < -0.39 is 0 Å². The van der Waals surface area contributed by atoms with E-state index in [2.05, 4.69) is 11.0 Å². The van der Waals surface area contributed by atoms with Crippen molar-refractivity contribution in [2.75, 3.05) is 33.3 Å². The van der Waals surface area contributed by atoms with Crippen molar-refractivity contribution >= 4 is 28.8 Å². The number of hydrogen-bond acceptors (Lipinski definition) is 5. The molecule has 0 atom stereocenters. The molecular weight excluding hydrogens is 444 g/mol. The van der Waals surface area contributed by atoms with Crippen molar-refractivity contribution in [3.05, 3.63) is 80.5 Å². The van der Waals surface area contributed by atoms with Crippen LogP contribution in [0.3, 0.4) is 0 Å². The molecule has 0 bridgehead atoms. The topological polar surface area (TPSA) is 42.0 Å². The van der Waals surface area contributed by atoms with E-state index >= 15 is 0 Å². The first-order valence-electron chi connectivity index (χ1n) is 10.6. The Balaban J connectivity index is 1.29. The third kappa shape index (κ3) is 5.63. The Kier molecular flexibility index (Phi) is 7.35. The van der Waals surface area contributed by atoms with Crippen molar-refractivity contribution in [1.29, 1.82) is 0 Å². The molecule has 7 heteroatoms. The van der Waals surface area contributed by atoms with Gasteiger partial charge in [-0.3, -0.25) is 9.69 Å². The fourth-order valence-electron chi connectivity index (χ4n) is 3.78. The first-order chi connectivity index (χ1) is 15.5. The standard InChI is InChI=1S/C25H27ClN2O3S/c1-18-6-7-22(23(12-18)30-2)31-16-20-14-24(32-17-20)25(29)28-10-8-27(9-11-28)15-19-4-3-5-21(26)13-19/h3-7,12-14,17H,8-11,15-16H2,1-2H3. The zero-order chi connectivity index (χ0) is 22.5. The summed E-state index contributed by atoms with van der Waals surface area (Å²) in [6.07, 6.45) is 0. The van der Waals surface area contributed by atoms with Gasteiger partial charge in [-0.05, 0) is 53.8 Å². The Morgan fingerprint density at radius 2 is 1.84 bits per heavy atom. The monoisotopic (exact) mass is 470 g/mol. The number of benzene rings is 2. The highest BCUT2D eigenvalue weighted by Gasteiger charge is 2.23. The quantitative estimate of drug-likeness (QED) is 0.472. The van der Waals surface area contributed by atoms with Gasteiger partial charge in [0.2, 0.25) is 0 Å². The molecule has 3 aromatic rings. The minimum absolute atomic E-state index is 0.0940. The normalized spacial score (nSPS) is 14.4. The number of piperazine rings is 1. The van der Waals surface area contributed by atoms with Crippen molar-refractivity contribution in [3.8, 4) is 11.5 Å². The number of hydrogen-bond donors (Lipinski definition) is 0. The van der Waals surface area contributed by atoms with Gasteiger partial charge in [0.15, 0.2) is 11.5 Å². The molecule has 1 aromatic heterocycles. The Morgan fingerprint density at radius 1 is 1.03 bits per heavy atom. The maximum atomic E-state index is 13.0. The lowest BCUT2D eigenvalue weighted by Gasteiger charge is -2.34. The SMILES string of the molecule is COc1cc(C)ccc1OCc1csc(C(=O)N2CCN(Cc3cccc(Cl)c3)CC2)c1. The van der Waals surface area contributed by atoms with E-state index in [0.29, 0.717) is 18.1 Å². The summed E-state index contributed by atoms with van der Waals surface area (Å²) < 4.78 is 11.3. The summed E-state index contributed by atoms with van der Waals surface area (Å²) in [6, 6.07) is 15.7. The number of halogens is 1. The fraction of sp³-hybridized carbons (Fsp3) is 0.320. The van der Waals surface area contributed by atoms with Gasteiger partial charge < -0.3 is 14.4 Å². The molecule has 1 aliphatic heterocycles. The predicted molar refractivity (Wildman–Crippen MR) is 129 cm³/mol. The maximum absolute atomic E-state index is 13.0. The van der Waals surface area contributed by atoms with E-state index in [1.165, 1.54) is 16.9 Å². The van der Waals surface area contributed by atoms with Gasteiger partial charge in [-0.15, -0.1) is 11.3 Å². The number of nitrogens with zero attached hydrogens (tertiary/aromatic N) is 2. The Morgan fingerprint density at radius 3 is 2.59 bits per heavy atom. The van der Waals surface area contributed by atoms with Gasteiger partial charge in [0.1, 0.15) is 6.61 Å². The van der Waals surface area contributed by atoms with Crippen LogP contribution in [0.25, 0.3) is 0 Å². The number of carbonyl (C=O) groups excluding carboxylic acids is 1. The molecule has 0 aliphatic carbocycles. The molecule has 1 saturated heterocycles. The van der Waals surface area contributed by atoms with Crippen LogP contribution in [0.15, 0.2) is 53.9 Å². The van der Waals surface area contributed by atoms with Crippen molar-refractivity contribution in [2.24, 2.45) is 0 Å². The maximum Gasteiger partial charge on any atom is 0.264 e. The molecular formula is C25H27ClN2O3S. The summed E-state index contributed by atoms with van der Waals surface area (Å²) in [7, 11) is 1.64. The molecule has 1 aliphatic rings. The smallest absolute Gasteiger partial charge is 0.264 e. The summed E-state index contributed by atoms with van der Waals surface area (Å²) in [6.45, 7) is 6.43. The zero-order valence-corrected chi connectivity index (χ0v) is 19.9. The second kappa shape index (κ2) is 10.4. The third-order valence-electron chi connectivity index (χ3n) is 5.53. The summed E-state index contributed by atoms with van der Waals surface area (Å²) in [5, 5.41) is 2.75. The minimum Gasteiger partial charge on any atom is -0.493 e. The van der Waals surface area contributed by atoms with E-state index in [1.54, 1.807) is 7.11 Å². The second-order valence-electron chi connectivity index (χ2n) is 7.96. The first-order valence-corrected chi connectivity index (χ1v) is 11.9. The van der Waals surface area contributed by atoms with Gasteiger partial charge in [-0.2, -0.15) is 0 Å². The molecule has 0 radical (unpaired) electrons. The molecule has 2 heterocycles. The molecule has 168 valence electrons. The van der Waals surface area contributed by atoms with Crippen LogP contribution in [0.4, 0.5) is 0 Å². The number of carbonyl (C=O) groups is 1. The fourth-order valence-corrected chi connectivity index (χ4v) is 4.85. The first kappa shape index (κ1) is 22.6. The Hall–Kier alpha value is -2.54. The number of ether oxygens (including phenoxy) is 2. The summed E-state index contributed by atoms with van der Waals surface area (Å²) >= 11 is 7.56. The lowest BCUT2D eigenvalue weighted by Crippen LogP contribution is -2.48. The lowest BCUT2D eigenvalue weighted by molar-refractivity contribution is 0.0633. The predicted octanol–water partition coefficient (Wildman–Crippen LogP) is 5.26. The zero-order valence-electron chi connectivity index (χ0n) is 18.3. The van der Waals surface area contributed by atoms with Gasteiger partial charge in [0.05, 0.1) is 12.0 Å². The highest BCUT2D eigenvalue weighted by molar-refractivity contribution is 7.12. The molecule has 5 nitrogen and oxygen atoms in total. The van der Waals surface area contributed by atoms with Crippen LogP contribution < -0.4 is 9.47 Å². The lowest BCUT2D eigenvalue weighted by atomic mass is 10.2. The van der Waals surface area contributed by atoms with Gasteiger partial charge in [0, 0.05) is 43.3 Å². The summed E-state index contributed by atoms with van der Waals surface area (Å²) in [5.41, 5.74) is 3.30. The van der Waals surface area contributed by atoms with Gasteiger partial charge in [0.25, 0.3) is 5.91 Å². The van der Waals surface area contributed by atoms with Gasteiger partial charge in [-0.1, -0.05) is 29.8 Å². The van der Waals surface area contributed by atoms with E-state index in [1.807, 2.05) is 59.7 Å². The van der Waals surface area contributed by atoms with Crippen LogP contribution in [0, 0.1) is 6.92 Å². The average molecular weight is 471 g/mol. The molecule has 2 aromatic carbocycles. The number of aryl methyl sites for hydroxylation is 1. The number of methoxy groups -OCH3 is 1. The van der Waals surface area contributed by atoms with E-state index in [4.69, 9.17) is 21.1 Å². The molecule has 0 spiro atoms. The van der Waals surface area contributed by atoms with Gasteiger partial charge >= 0.3 is 0 Å². The largest absolute Gasteiger partial charge is 0.493 e. The molecule has 0 saturated carbocycles. The molecule has 0 N–H and O–H groups in total. The van der Waals surface area contributed by atoms with Crippen LogP contribution in [0.2, 0.25) is 5.02 Å². The highest BCUT2D eigenvalue weighted by Crippen LogP contribution is 2.29. The summed E-state index contributed by atoms with van der Waals surface area (Å²) in [4.78, 5) is 18.0. The number of amides is 1. The van der Waals surface area contributed by atoms with Crippen LogP contribution in [-0.2, 0) is 13.2 Å². The number of rotatable bonds is 7. The molecule has 1 fully saturated rings. The Bertz CT molecular complexity index is 1080. The molecule has 1 amide bonds. The van der Waals surface area contributed by atoms with Crippen molar-refractivity contribution in [1.82, 2.24) is 9.80 Å². The van der Waals surface area contributed by atoms with Crippen LogP contribution >= 0.6 is 22.9 Å². The van der Waals surface area contributed by atoms with E-state index in [9.17, 15) is 4.79 Å². The van der Waals surface area contributed by atoms with E-state index in [-0.39, 0.29) is 5.91 Å². The van der Waals surface area contributed by atoms with Crippen molar-refractivity contribution in [2.45, 2.75) is 20.1 Å². The van der Waals surface area contributed by atoms with Gasteiger partial charge in [-0.25, -0.2) is 0 Å². The van der Waals surface area contributed by atoms with E-state index in [0.717, 1.165) is 53.8 Å². The highest BCUT2D eigenvalue weighted by atomic mass is 35.5. The Labute approximate surface area is 198 Å². The van der Waals surface area contributed by atoms with Crippen molar-refractivity contribution in [3.63, 3.8) is 0 Å². The molecule has 4 rings (SSSR count). The third-order valence-corrected chi connectivity index (χ3v) is 6.73. The molecule has 32 heavy (non-hydrogen) atoms. The second-order valence-corrected chi connectivity index (χ2v) is 9.31. The van der Waals surface area contributed by atoms with Crippen LogP contribution in [-0.4, -0.2) is 49.0 Å². The molecule has 0 unspecified atom stereocenters. The van der Waals surface area contributed by atoms with Crippen molar-refractivity contribution < 1.29 is 14.3 Å². The van der Waals surface area contributed by atoms with Crippen LogP contribution in [0.1, 0.15) is 26.4 Å².